The van der Waals surface area contributed by atoms with Crippen molar-refractivity contribution in [3.63, 3.8) is 0 Å². The highest BCUT2D eigenvalue weighted by atomic mass is 16.4. The summed E-state index contributed by atoms with van der Waals surface area (Å²) in [5.41, 5.74) is 9.27. The molecule has 19 heavy (non-hydrogen) atoms. The van der Waals surface area contributed by atoms with Gasteiger partial charge in [0.2, 0.25) is 0 Å². The quantitative estimate of drug-likeness (QED) is 0.735. The molecule has 0 amide bonds. The molecule has 4 nitrogen and oxygen atoms in total. The van der Waals surface area contributed by atoms with E-state index in [1.807, 2.05) is 6.92 Å². The van der Waals surface area contributed by atoms with E-state index in [1.165, 1.54) is 11.6 Å². The van der Waals surface area contributed by atoms with Gasteiger partial charge in [0.15, 0.2) is 0 Å². The fourth-order valence-corrected chi connectivity index (χ4v) is 1.78. The standard InChI is InChI=1S/C15H16N2O2/c1-10-2-4-11(5-3-10)9-17-12-6-7-13(15(18)19)14(16)8-12/h2-8,17H,9,16H2,1H3,(H,18,19). The molecular formula is C15H16N2O2. The van der Waals surface area contributed by atoms with Crippen molar-refractivity contribution in [1.82, 2.24) is 0 Å². The Morgan fingerprint density at radius 3 is 2.47 bits per heavy atom. The molecule has 0 saturated carbocycles. The maximum absolute atomic E-state index is 10.8. The van der Waals surface area contributed by atoms with E-state index in [2.05, 4.69) is 29.6 Å². The van der Waals surface area contributed by atoms with Crippen molar-refractivity contribution in [1.29, 1.82) is 0 Å². The van der Waals surface area contributed by atoms with Crippen molar-refractivity contribution in [3.05, 3.63) is 59.2 Å². The fourth-order valence-electron chi connectivity index (χ4n) is 1.78. The van der Waals surface area contributed by atoms with Crippen LogP contribution in [0.25, 0.3) is 0 Å². The Morgan fingerprint density at radius 1 is 1.21 bits per heavy atom. The van der Waals surface area contributed by atoms with Crippen molar-refractivity contribution in [3.8, 4) is 0 Å². The van der Waals surface area contributed by atoms with E-state index in [0.29, 0.717) is 6.54 Å². The number of carbonyl (C=O) groups is 1. The van der Waals surface area contributed by atoms with Crippen LogP contribution < -0.4 is 11.1 Å². The van der Waals surface area contributed by atoms with E-state index >= 15 is 0 Å². The normalized spacial score (nSPS) is 10.2. The summed E-state index contributed by atoms with van der Waals surface area (Å²) in [5.74, 6) is -1.01. The number of rotatable bonds is 4. The third-order valence-electron chi connectivity index (χ3n) is 2.90. The predicted molar refractivity (Wildman–Crippen MR) is 76.3 cm³/mol. The molecule has 4 N–H and O–H groups in total. The zero-order chi connectivity index (χ0) is 13.8. The molecule has 0 aliphatic rings. The summed E-state index contributed by atoms with van der Waals surface area (Å²) in [5, 5.41) is 12.1. The van der Waals surface area contributed by atoms with Crippen molar-refractivity contribution in [2.75, 3.05) is 11.1 Å². The van der Waals surface area contributed by atoms with Crippen LogP contribution in [-0.2, 0) is 6.54 Å². The average Bonchev–Trinajstić information content (AvgIpc) is 2.37. The molecule has 0 fully saturated rings. The number of anilines is 2. The molecule has 98 valence electrons. The monoisotopic (exact) mass is 256 g/mol. The van der Waals surface area contributed by atoms with Gasteiger partial charge in [-0.2, -0.15) is 0 Å². The van der Waals surface area contributed by atoms with Crippen LogP contribution in [0.2, 0.25) is 0 Å². The number of benzene rings is 2. The van der Waals surface area contributed by atoms with Gasteiger partial charge in [-0.15, -0.1) is 0 Å². The summed E-state index contributed by atoms with van der Waals surface area (Å²) in [6, 6.07) is 13.1. The fraction of sp³-hybridized carbons (Fsp3) is 0.133. The Labute approximate surface area is 111 Å². The van der Waals surface area contributed by atoms with Crippen LogP contribution in [0.4, 0.5) is 11.4 Å². The van der Waals surface area contributed by atoms with Crippen molar-refractivity contribution < 1.29 is 9.90 Å². The third kappa shape index (κ3) is 3.25. The number of aromatic carboxylic acids is 1. The molecule has 0 unspecified atom stereocenters. The molecule has 0 atom stereocenters. The van der Waals surface area contributed by atoms with Gasteiger partial charge in [0.05, 0.1) is 5.56 Å². The summed E-state index contributed by atoms with van der Waals surface area (Å²) >= 11 is 0. The zero-order valence-electron chi connectivity index (χ0n) is 10.7. The summed E-state index contributed by atoms with van der Waals surface area (Å²) in [4.78, 5) is 10.8. The van der Waals surface area contributed by atoms with Crippen molar-refractivity contribution in [2.24, 2.45) is 0 Å². The molecule has 2 aromatic carbocycles. The Hall–Kier alpha value is -2.49. The molecule has 0 aliphatic heterocycles. The number of nitrogens with two attached hydrogens (primary N) is 1. The number of carboxylic acids is 1. The minimum Gasteiger partial charge on any atom is -0.478 e. The van der Waals surface area contributed by atoms with Crippen molar-refractivity contribution in [2.45, 2.75) is 13.5 Å². The van der Waals surface area contributed by atoms with Gasteiger partial charge in [0, 0.05) is 17.9 Å². The highest BCUT2D eigenvalue weighted by molar-refractivity contribution is 5.94. The van der Waals surface area contributed by atoms with Gasteiger partial charge in [0.25, 0.3) is 0 Å². The van der Waals surface area contributed by atoms with Gasteiger partial charge in [-0.1, -0.05) is 29.8 Å². The number of hydrogen-bond acceptors (Lipinski definition) is 3. The van der Waals surface area contributed by atoms with E-state index in [1.54, 1.807) is 12.1 Å². The minimum absolute atomic E-state index is 0.126. The molecular weight excluding hydrogens is 240 g/mol. The van der Waals surface area contributed by atoms with Crippen molar-refractivity contribution >= 4 is 17.3 Å². The topological polar surface area (TPSA) is 75.3 Å². The number of aryl methyl sites for hydroxylation is 1. The Bertz CT molecular complexity index is 592. The first kappa shape index (κ1) is 13.0. The number of hydrogen-bond donors (Lipinski definition) is 3. The van der Waals surface area contributed by atoms with E-state index in [0.717, 1.165) is 11.3 Å². The lowest BCUT2D eigenvalue weighted by Crippen LogP contribution is -2.04. The first-order valence-electron chi connectivity index (χ1n) is 5.98. The maximum Gasteiger partial charge on any atom is 0.337 e. The zero-order valence-corrected chi connectivity index (χ0v) is 10.7. The SMILES string of the molecule is Cc1ccc(CNc2ccc(C(=O)O)c(N)c2)cc1. The van der Waals surface area contributed by atoms with E-state index in [4.69, 9.17) is 10.8 Å². The molecule has 0 radical (unpaired) electrons. The summed E-state index contributed by atoms with van der Waals surface area (Å²) in [6.07, 6.45) is 0. The largest absolute Gasteiger partial charge is 0.478 e. The third-order valence-corrected chi connectivity index (χ3v) is 2.90. The maximum atomic E-state index is 10.8. The van der Waals surface area contributed by atoms with Gasteiger partial charge >= 0.3 is 5.97 Å². The highest BCUT2D eigenvalue weighted by Crippen LogP contribution is 2.18. The second kappa shape index (κ2) is 5.44. The number of carboxylic acid groups (broad SMARTS) is 1. The molecule has 0 saturated heterocycles. The molecule has 0 aromatic heterocycles. The van der Waals surface area contributed by atoms with Crippen LogP contribution in [0, 0.1) is 6.92 Å². The summed E-state index contributed by atoms with van der Waals surface area (Å²) < 4.78 is 0. The van der Waals surface area contributed by atoms with Gasteiger partial charge in [-0.05, 0) is 30.7 Å². The number of nitrogens with one attached hydrogen (secondary N) is 1. The Morgan fingerprint density at radius 2 is 1.89 bits per heavy atom. The smallest absolute Gasteiger partial charge is 0.337 e. The van der Waals surface area contributed by atoms with Crippen LogP contribution in [0.1, 0.15) is 21.5 Å². The van der Waals surface area contributed by atoms with Crippen LogP contribution in [0.5, 0.6) is 0 Å². The molecule has 4 heteroatoms. The second-order valence-electron chi connectivity index (χ2n) is 4.45. The van der Waals surface area contributed by atoms with Gasteiger partial charge in [-0.3, -0.25) is 0 Å². The summed E-state index contributed by atoms with van der Waals surface area (Å²) in [6.45, 7) is 2.72. The van der Waals surface area contributed by atoms with E-state index in [-0.39, 0.29) is 11.3 Å². The lowest BCUT2D eigenvalue weighted by molar-refractivity contribution is 0.0698. The second-order valence-corrected chi connectivity index (χ2v) is 4.45. The lowest BCUT2D eigenvalue weighted by atomic mass is 10.1. The molecule has 2 aromatic rings. The highest BCUT2D eigenvalue weighted by Gasteiger charge is 2.07. The van der Waals surface area contributed by atoms with Gasteiger partial charge in [0.1, 0.15) is 0 Å². The average molecular weight is 256 g/mol. The molecule has 0 heterocycles. The first-order valence-corrected chi connectivity index (χ1v) is 5.98. The minimum atomic E-state index is -1.01. The van der Waals surface area contributed by atoms with E-state index < -0.39 is 5.97 Å². The Kier molecular flexibility index (Phi) is 3.71. The molecule has 2 rings (SSSR count). The van der Waals surface area contributed by atoms with Crippen LogP contribution in [0.3, 0.4) is 0 Å². The first-order chi connectivity index (χ1) is 9.06. The van der Waals surface area contributed by atoms with Crippen LogP contribution >= 0.6 is 0 Å². The van der Waals surface area contributed by atoms with Gasteiger partial charge < -0.3 is 16.2 Å². The molecule has 0 aliphatic carbocycles. The Balaban J connectivity index is 2.06. The van der Waals surface area contributed by atoms with Gasteiger partial charge in [-0.25, -0.2) is 4.79 Å². The van der Waals surface area contributed by atoms with Crippen LogP contribution in [-0.4, -0.2) is 11.1 Å². The summed E-state index contributed by atoms with van der Waals surface area (Å²) in [7, 11) is 0. The molecule has 0 spiro atoms. The number of nitrogen functional groups attached to an aromatic ring is 1. The van der Waals surface area contributed by atoms with E-state index in [9.17, 15) is 4.79 Å². The van der Waals surface area contributed by atoms with Crippen LogP contribution in [0.15, 0.2) is 42.5 Å². The molecule has 0 bridgehead atoms. The predicted octanol–water partition coefficient (Wildman–Crippen LogP) is 2.89. The lowest BCUT2D eigenvalue weighted by Gasteiger charge is -2.09.